The summed E-state index contributed by atoms with van der Waals surface area (Å²) in [6.45, 7) is 2.16. The van der Waals surface area contributed by atoms with Crippen molar-refractivity contribution in [2.45, 2.75) is 13.3 Å². The Kier molecular flexibility index (Phi) is 3.33. The van der Waals surface area contributed by atoms with Crippen LogP contribution in [0.25, 0.3) is 10.8 Å². The van der Waals surface area contributed by atoms with Gasteiger partial charge in [0.05, 0.1) is 10.2 Å². The summed E-state index contributed by atoms with van der Waals surface area (Å²) in [6, 6.07) is 8.36. The van der Waals surface area contributed by atoms with E-state index in [1.54, 1.807) is 0 Å². The summed E-state index contributed by atoms with van der Waals surface area (Å²) in [5.41, 5.74) is 1.30. The largest absolute Gasteiger partial charge is 0.0725 e. The Morgan fingerprint density at radius 3 is 2.27 bits per heavy atom. The lowest BCUT2D eigenvalue weighted by Gasteiger charge is -2.13. The summed E-state index contributed by atoms with van der Waals surface area (Å²) in [5, 5.41) is 3.66. The van der Waals surface area contributed by atoms with Crippen LogP contribution in [0.2, 0.25) is 0 Å². The average molecular weight is 341 g/mol. The maximum atomic E-state index is 3.73. The molecule has 0 unspecified atom stereocenters. The van der Waals surface area contributed by atoms with Crippen molar-refractivity contribution >= 4 is 58.1 Å². The maximum absolute atomic E-state index is 3.73. The molecule has 0 aliphatic carbocycles. The topological polar surface area (TPSA) is 0 Å². The first-order chi connectivity index (χ1) is 7.16. The van der Waals surface area contributed by atoms with E-state index in [4.69, 9.17) is 0 Å². The van der Waals surface area contributed by atoms with E-state index in [9.17, 15) is 0 Å². The molecule has 2 rings (SSSR count). The van der Waals surface area contributed by atoms with Gasteiger partial charge in [-0.3, -0.25) is 0 Å². The lowest BCUT2D eigenvalue weighted by Crippen LogP contribution is -2.12. The van der Waals surface area contributed by atoms with Crippen molar-refractivity contribution in [2.75, 3.05) is 0 Å². The van der Waals surface area contributed by atoms with Gasteiger partial charge in [-0.25, -0.2) is 0 Å². The van der Waals surface area contributed by atoms with Crippen LogP contribution in [-0.2, 0) is 6.42 Å². The average Bonchev–Trinajstić information content (AvgIpc) is 2.27. The Hall–Kier alpha value is -0.123. The van der Waals surface area contributed by atoms with E-state index >= 15 is 0 Å². The molecule has 0 saturated carbocycles. The number of halogens is 2. The highest BCUT2D eigenvalue weighted by Gasteiger charge is 2.11. The fourth-order valence-electron chi connectivity index (χ4n) is 1.75. The lowest BCUT2D eigenvalue weighted by atomic mass is 10.1. The minimum absolute atomic E-state index is 1.00. The van der Waals surface area contributed by atoms with Crippen molar-refractivity contribution in [3.8, 4) is 0 Å². The molecule has 0 fully saturated rings. The van der Waals surface area contributed by atoms with E-state index in [0.717, 1.165) is 15.4 Å². The molecule has 0 saturated heterocycles. The highest BCUT2D eigenvalue weighted by Crippen LogP contribution is 2.33. The molecule has 3 radical (unpaired) electrons. The Bertz CT molecular complexity index is 521. The molecule has 0 aromatic heterocycles. The van der Waals surface area contributed by atoms with Gasteiger partial charge < -0.3 is 0 Å². The second-order valence-corrected chi connectivity index (χ2v) is 5.47. The fraction of sp³-hybridized carbons (Fsp3) is 0.167. The minimum Gasteiger partial charge on any atom is -0.0616 e. The van der Waals surface area contributed by atoms with Gasteiger partial charge >= 0.3 is 0 Å². The third kappa shape index (κ3) is 1.81. The molecule has 75 valence electrons. The van der Waals surface area contributed by atoms with Crippen LogP contribution in [0.5, 0.6) is 0 Å². The number of hydrogen-bond donors (Lipinski definition) is 0. The van der Waals surface area contributed by atoms with Gasteiger partial charge in [0.2, 0.25) is 0 Å². The molecule has 0 amide bonds. The molecular formula is C12H9Br2Si. The first kappa shape index (κ1) is 11.4. The first-order valence-electron chi connectivity index (χ1n) is 4.77. The predicted octanol–water partition coefficient (Wildman–Crippen LogP) is 3.72. The maximum Gasteiger partial charge on any atom is 0.0725 e. The normalized spacial score (nSPS) is 10.9. The monoisotopic (exact) mass is 339 g/mol. The van der Waals surface area contributed by atoms with Crippen molar-refractivity contribution in [1.29, 1.82) is 0 Å². The highest BCUT2D eigenvalue weighted by atomic mass is 79.9. The van der Waals surface area contributed by atoms with Crippen molar-refractivity contribution in [3.63, 3.8) is 0 Å². The number of benzene rings is 2. The van der Waals surface area contributed by atoms with E-state index in [2.05, 4.69) is 73.3 Å². The summed E-state index contributed by atoms with van der Waals surface area (Å²) in [4.78, 5) is 0. The Morgan fingerprint density at radius 2 is 1.67 bits per heavy atom. The zero-order valence-corrected chi connectivity index (χ0v) is 12.4. The summed E-state index contributed by atoms with van der Waals surface area (Å²) in [7, 11) is 3.73. The Morgan fingerprint density at radius 1 is 1.07 bits per heavy atom. The molecule has 0 bridgehead atoms. The number of hydrogen-bond acceptors (Lipinski definition) is 0. The standard InChI is InChI=1S/C12H9Br2Si/c1-2-7-10(13)11(14)8-5-3-4-6-9(8)12(7)15/h3-6H,2H2,1H3. The summed E-state index contributed by atoms with van der Waals surface area (Å²) in [6.07, 6.45) is 1.00. The predicted molar refractivity (Wildman–Crippen MR) is 74.1 cm³/mol. The van der Waals surface area contributed by atoms with Gasteiger partial charge in [-0.2, -0.15) is 0 Å². The second-order valence-electron chi connectivity index (χ2n) is 3.38. The lowest BCUT2D eigenvalue weighted by molar-refractivity contribution is 1.14. The van der Waals surface area contributed by atoms with Gasteiger partial charge in [0.15, 0.2) is 0 Å². The zero-order chi connectivity index (χ0) is 11.0. The molecular weight excluding hydrogens is 332 g/mol. The van der Waals surface area contributed by atoms with E-state index in [0.29, 0.717) is 0 Å². The van der Waals surface area contributed by atoms with Crippen LogP contribution in [0.4, 0.5) is 0 Å². The van der Waals surface area contributed by atoms with Gasteiger partial charge in [-0.15, -0.1) is 0 Å². The third-order valence-corrected chi connectivity index (χ3v) is 5.35. The molecule has 0 heterocycles. The van der Waals surface area contributed by atoms with Crippen LogP contribution < -0.4 is 5.19 Å². The van der Waals surface area contributed by atoms with Crippen LogP contribution in [0.1, 0.15) is 12.5 Å². The van der Waals surface area contributed by atoms with Crippen LogP contribution in [0.3, 0.4) is 0 Å². The van der Waals surface area contributed by atoms with Gasteiger partial charge in [-0.05, 0) is 54.6 Å². The van der Waals surface area contributed by atoms with Crippen molar-refractivity contribution in [1.82, 2.24) is 0 Å². The SMILES string of the molecule is CCc1c(Br)c(Br)c2ccccc2c1[Si]. The highest BCUT2D eigenvalue weighted by molar-refractivity contribution is 9.13. The quantitative estimate of drug-likeness (QED) is 0.694. The van der Waals surface area contributed by atoms with Gasteiger partial charge in [0, 0.05) is 8.95 Å². The van der Waals surface area contributed by atoms with E-state index < -0.39 is 0 Å². The van der Waals surface area contributed by atoms with E-state index in [1.165, 1.54) is 21.5 Å². The minimum atomic E-state index is 1.00. The van der Waals surface area contributed by atoms with Crippen molar-refractivity contribution < 1.29 is 0 Å². The molecule has 2 aromatic carbocycles. The van der Waals surface area contributed by atoms with Crippen molar-refractivity contribution in [3.05, 3.63) is 38.8 Å². The van der Waals surface area contributed by atoms with Crippen molar-refractivity contribution in [2.24, 2.45) is 0 Å². The molecule has 15 heavy (non-hydrogen) atoms. The molecule has 0 aliphatic heterocycles. The van der Waals surface area contributed by atoms with E-state index in [-0.39, 0.29) is 0 Å². The molecule has 0 N–H and O–H groups in total. The van der Waals surface area contributed by atoms with Crippen LogP contribution in [-0.4, -0.2) is 10.2 Å². The Balaban J connectivity index is 2.96. The van der Waals surface area contributed by atoms with Crippen LogP contribution in [0.15, 0.2) is 33.2 Å². The smallest absolute Gasteiger partial charge is 0.0616 e. The van der Waals surface area contributed by atoms with E-state index in [1.807, 2.05) is 0 Å². The number of rotatable bonds is 1. The van der Waals surface area contributed by atoms with Crippen LogP contribution >= 0.6 is 31.9 Å². The Labute approximate surface area is 110 Å². The molecule has 2 aromatic rings. The molecule has 0 spiro atoms. The molecule has 3 heteroatoms. The fourth-order valence-corrected chi connectivity index (χ4v) is 3.73. The van der Waals surface area contributed by atoms with Crippen LogP contribution in [0, 0.1) is 0 Å². The molecule has 0 aliphatic rings. The zero-order valence-electron chi connectivity index (χ0n) is 8.27. The molecule has 0 atom stereocenters. The summed E-state index contributed by atoms with van der Waals surface area (Å²) in [5.74, 6) is 0. The first-order valence-corrected chi connectivity index (χ1v) is 6.85. The number of fused-ring (bicyclic) bond motifs is 1. The van der Waals surface area contributed by atoms with Gasteiger partial charge in [0.1, 0.15) is 0 Å². The summed E-state index contributed by atoms with van der Waals surface area (Å²) >= 11 is 7.27. The third-order valence-electron chi connectivity index (χ3n) is 2.55. The molecule has 0 nitrogen and oxygen atoms in total. The second kappa shape index (κ2) is 4.40. The van der Waals surface area contributed by atoms with Gasteiger partial charge in [-0.1, -0.05) is 36.4 Å². The van der Waals surface area contributed by atoms with Gasteiger partial charge in [0.25, 0.3) is 0 Å². The summed E-state index contributed by atoms with van der Waals surface area (Å²) < 4.78 is 2.28.